The van der Waals surface area contributed by atoms with Gasteiger partial charge in [0.2, 0.25) is 5.91 Å². The highest BCUT2D eigenvalue weighted by Gasteiger charge is 2.33. The molecular weight excluding hydrogens is 248 g/mol. The van der Waals surface area contributed by atoms with E-state index >= 15 is 0 Å². The molecule has 0 bridgehead atoms. The lowest BCUT2D eigenvalue weighted by molar-refractivity contribution is -0.126. The van der Waals surface area contributed by atoms with Crippen LogP contribution in [0.5, 0.6) is 0 Å². The van der Waals surface area contributed by atoms with Gasteiger partial charge < -0.3 is 20.1 Å². The fourth-order valence-electron chi connectivity index (χ4n) is 2.09. The molecule has 1 aliphatic heterocycles. The molecule has 2 N–H and O–H groups in total. The summed E-state index contributed by atoms with van der Waals surface area (Å²) >= 11 is 0. The summed E-state index contributed by atoms with van der Waals surface area (Å²) < 4.78 is 4.91. The van der Waals surface area contributed by atoms with Crippen LogP contribution in [-0.4, -0.2) is 54.1 Å². The average Bonchev–Trinajstić information content (AvgIpc) is 2.85. The summed E-state index contributed by atoms with van der Waals surface area (Å²) in [5.74, 6) is 0.158. The third-order valence-corrected chi connectivity index (χ3v) is 3.00. The number of piperazine rings is 1. The Morgan fingerprint density at radius 1 is 1.63 bits per heavy atom. The molecule has 0 spiro atoms. The number of hydrogen-bond acceptors (Lipinski definition) is 5. The average molecular weight is 266 g/mol. The molecular formula is C12H18N4O3. The topological polar surface area (TPSA) is 87.5 Å². The number of carbonyl (C=O) groups is 2. The van der Waals surface area contributed by atoms with Crippen molar-refractivity contribution in [2.24, 2.45) is 0 Å². The number of nitrogens with one attached hydrogen (secondary N) is 2. The SMILES string of the molecule is CCNC(=O)C1CNCCN1C(=O)c1cc(C)on1. The van der Waals surface area contributed by atoms with E-state index in [2.05, 4.69) is 15.8 Å². The Morgan fingerprint density at radius 2 is 2.42 bits per heavy atom. The predicted molar refractivity (Wildman–Crippen MR) is 67.6 cm³/mol. The number of hydrogen-bond donors (Lipinski definition) is 2. The lowest BCUT2D eigenvalue weighted by Crippen LogP contribution is -2.59. The zero-order valence-corrected chi connectivity index (χ0v) is 11.1. The molecule has 2 heterocycles. The largest absolute Gasteiger partial charge is 0.361 e. The standard InChI is InChI=1S/C12H18N4O3/c1-3-14-11(17)10-7-13-4-5-16(10)12(18)9-6-8(2)19-15-9/h6,10,13H,3-5,7H2,1-2H3,(H,14,17). The van der Waals surface area contributed by atoms with Crippen LogP contribution in [0.25, 0.3) is 0 Å². The summed E-state index contributed by atoms with van der Waals surface area (Å²) in [5.41, 5.74) is 0.244. The summed E-state index contributed by atoms with van der Waals surface area (Å²) in [7, 11) is 0. The van der Waals surface area contributed by atoms with E-state index in [0.717, 1.165) is 0 Å². The van der Waals surface area contributed by atoms with Crippen molar-refractivity contribution in [3.8, 4) is 0 Å². The quantitative estimate of drug-likeness (QED) is 0.772. The second-order valence-corrected chi connectivity index (χ2v) is 4.44. The van der Waals surface area contributed by atoms with E-state index in [1.165, 1.54) is 0 Å². The van der Waals surface area contributed by atoms with Crippen molar-refractivity contribution >= 4 is 11.8 Å². The Morgan fingerprint density at radius 3 is 3.05 bits per heavy atom. The first-order chi connectivity index (χ1) is 9.13. The number of aryl methyl sites for hydroxylation is 1. The Kier molecular flexibility index (Phi) is 4.16. The molecule has 0 aliphatic carbocycles. The number of carbonyl (C=O) groups excluding carboxylic acids is 2. The van der Waals surface area contributed by atoms with Crippen LogP contribution < -0.4 is 10.6 Å². The van der Waals surface area contributed by atoms with Gasteiger partial charge in [-0.25, -0.2) is 0 Å². The zero-order valence-electron chi connectivity index (χ0n) is 11.1. The van der Waals surface area contributed by atoms with Gasteiger partial charge in [0.25, 0.3) is 5.91 Å². The second-order valence-electron chi connectivity index (χ2n) is 4.44. The zero-order chi connectivity index (χ0) is 13.8. The molecule has 1 fully saturated rings. The number of rotatable bonds is 3. The lowest BCUT2D eigenvalue weighted by atomic mass is 10.1. The first kappa shape index (κ1) is 13.5. The molecule has 104 valence electrons. The molecule has 7 heteroatoms. The predicted octanol–water partition coefficient (Wildman–Crippen LogP) is -0.467. The maximum Gasteiger partial charge on any atom is 0.276 e. The maximum absolute atomic E-state index is 12.3. The molecule has 1 aromatic rings. The number of amides is 2. The minimum atomic E-state index is -0.502. The van der Waals surface area contributed by atoms with Gasteiger partial charge in [0.05, 0.1) is 0 Å². The van der Waals surface area contributed by atoms with E-state index < -0.39 is 6.04 Å². The van der Waals surface area contributed by atoms with E-state index in [-0.39, 0.29) is 17.5 Å². The van der Waals surface area contributed by atoms with Crippen molar-refractivity contribution in [3.63, 3.8) is 0 Å². The summed E-state index contributed by atoms with van der Waals surface area (Å²) in [6.45, 7) is 5.71. The van der Waals surface area contributed by atoms with Gasteiger partial charge in [-0.1, -0.05) is 5.16 Å². The fraction of sp³-hybridized carbons (Fsp3) is 0.583. The van der Waals surface area contributed by atoms with Crippen molar-refractivity contribution in [2.75, 3.05) is 26.2 Å². The number of likely N-dealkylation sites (N-methyl/N-ethyl adjacent to an activating group) is 1. The van der Waals surface area contributed by atoms with E-state index in [0.29, 0.717) is 31.9 Å². The third kappa shape index (κ3) is 2.93. The molecule has 2 amide bonds. The third-order valence-electron chi connectivity index (χ3n) is 3.00. The smallest absolute Gasteiger partial charge is 0.276 e. The molecule has 2 rings (SSSR count). The normalized spacial score (nSPS) is 19.3. The van der Waals surface area contributed by atoms with Crippen molar-refractivity contribution < 1.29 is 14.1 Å². The Balaban J connectivity index is 2.15. The van der Waals surface area contributed by atoms with Crippen molar-refractivity contribution in [1.29, 1.82) is 0 Å². The molecule has 1 atom stereocenters. The summed E-state index contributed by atoms with van der Waals surface area (Å²) in [6.07, 6.45) is 0. The minimum Gasteiger partial charge on any atom is -0.361 e. The highest BCUT2D eigenvalue weighted by atomic mass is 16.5. The van der Waals surface area contributed by atoms with Crippen LogP contribution in [0.15, 0.2) is 10.6 Å². The molecule has 7 nitrogen and oxygen atoms in total. The molecule has 1 aromatic heterocycles. The highest BCUT2D eigenvalue weighted by molar-refractivity contribution is 5.96. The first-order valence-electron chi connectivity index (χ1n) is 6.36. The van der Waals surface area contributed by atoms with Gasteiger partial charge in [0.15, 0.2) is 5.69 Å². The van der Waals surface area contributed by atoms with Crippen LogP contribution in [0.1, 0.15) is 23.2 Å². The number of aromatic nitrogens is 1. The highest BCUT2D eigenvalue weighted by Crippen LogP contribution is 2.11. The fourth-order valence-corrected chi connectivity index (χ4v) is 2.09. The van der Waals surface area contributed by atoms with E-state index in [1.807, 2.05) is 6.92 Å². The van der Waals surface area contributed by atoms with Crippen molar-refractivity contribution in [3.05, 3.63) is 17.5 Å². The van der Waals surface area contributed by atoms with Crippen LogP contribution in [-0.2, 0) is 4.79 Å². The molecule has 0 aromatic carbocycles. The molecule has 19 heavy (non-hydrogen) atoms. The first-order valence-corrected chi connectivity index (χ1v) is 6.36. The van der Waals surface area contributed by atoms with Crippen molar-refractivity contribution in [1.82, 2.24) is 20.7 Å². The van der Waals surface area contributed by atoms with Crippen LogP contribution in [0.2, 0.25) is 0 Å². The molecule has 0 saturated carbocycles. The second kappa shape index (κ2) is 5.83. The van der Waals surface area contributed by atoms with Gasteiger partial charge in [-0.05, 0) is 13.8 Å². The van der Waals surface area contributed by atoms with E-state index in [4.69, 9.17) is 4.52 Å². The van der Waals surface area contributed by atoms with Crippen LogP contribution >= 0.6 is 0 Å². The van der Waals surface area contributed by atoms with E-state index in [1.54, 1.807) is 17.9 Å². The molecule has 1 aliphatic rings. The van der Waals surface area contributed by atoms with E-state index in [9.17, 15) is 9.59 Å². The molecule has 1 saturated heterocycles. The molecule has 0 radical (unpaired) electrons. The minimum absolute atomic E-state index is 0.150. The lowest BCUT2D eigenvalue weighted by Gasteiger charge is -2.34. The van der Waals surface area contributed by atoms with Crippen LogP contribution in [0.3, 0.4) is 0 Å². The van der Waals surface area contributed by atoms with Gasteiger partial charge in [0, 0.05) is 32.2 Å². The van der Waals surface area contributed by atoms with Crippen LogP contribution in [0, 0.1) is 6.92 Å². The van der Waals surface area contributed by atoms with Gasteiger partial charge in [-0.2, -0.15) is 0 Å². The van der Waals surface area contributed by atoms with Gasteiger partial charge in [-0.15, -0.1) is 0 Å². The van der Waals surface area contributed by atoms with Gasteiger partial charge in [0.1, 0.15) is 11.8 Å². The Labute approximate surface area is 111 Å². The van der Waals surface area contributed by atoms with Gasteiger partial charge in [-0.3, -0.25) is 9.59 Å². The maximum atomic E-state index is 12.3. The summed E-state index contributed by atoms with van der Waals surface area (Å²) in [4.78, 5) is 25.8. The summed E-state index contributed by atoms with van der Waals surface area (Å²) in [5, 5.41) is 9.57. The van der Waals surface area contributed by atoms with Gasteiger partial charge >= 0.3 is 0 Å². The van der Waals surface area contributed by atoms with Crippen LogP contribution in [0.4, 0.5) is 0 Å². The molecule has 1 unspecified atom stereocenters. The number of nitrogens with zero attached hydrogens (tertiary/aromatic N) is 2. The van der Waals surface area contributed by atoms with Crippen molar-refractivity contribution in [2.45, 2.75) is 19.9 Å². The summed E-state index contributed by atoms with van der Waals surface area (Å²) in [6, 6.07) is 1.08. The monoisotopic (exact) mass is 266 g/mol. The Hall–Kier alpha value is -1.89. The Bertz CT molecular complexity index is 471.